The molecule has 3 rings (SSSR count). The largest absolute Gasteiger partial charge is 0.368 e. The summed E-state index contributed by atoms with van der Waals surface area (Å²) in [6, 6.07) is 19.1. The first-order valence-electron chi connectivity index (χ1n) is 7.77. The zero-order valence-corrected chi connectivity index (χ0v) is 13.9. The first-order valence-corrected chi connectivity index (χ1v) is 9.38. The Hall–Kier alpha value is -1.69. The fourth-order valence-corrected chi connectivity index (χ4v) is 4.46. The van der Waals surface area contributed by atoms with Crippen LogP contribution >= 0.6 is 0 Å². The zero-order valence-electron chi connectivity index (χ0n) is 13.1. The van der Waals surface area contributed by atoms with Crippen molar-refractivity contribution >= 4 is 10.0 Å². The van der Waals surface area contributed by atoms with Crippen molar-refractivity contribution in [1.82, 2.24) is 4.31 Å². The summed E-state index contributed by atoms with van der Waals surface area (Å²) >= 11 is 0. The van der Waals surface area contributed by atoms with Gasteiger partial charge in [0.2, 0.25) is 10.0 Å². The van der Waals surface area contributed by atoms with Gasteiger partial charge in [-0.3, -0.25) is 0 Å². The number of nitrogens with zero attached hydrogens (tertiary/aromatic N) is 1. The molecule has 2 atom stereocenters. The van der Waals surface area contributed by atoms with Gasteiger partial charge in [-0.2, -0.15) is 4.31 Å². The average Bonchev–Trinajstić information content (AvgIpc) is 2.56. The van der Waals surface area contributed by atoms with Crippen molar-refractivity contribution in [3.8, 4) is 0 Å². The third-order valence-corrected chi connectivity index (χ3v) is 5.77. The number of hydrogen-bond donors (Lipinski definition) is 0. The van der Waals surface area contributed by atoms with Crippen LogP contribution < -0.4 is 0 Å². The summed E-state index contributed by atoms with van der Waals surface area (Å²) in [6.07, 6.45) is -0.343. The Balaban J connectivity index is 1.78. The summed E-state index contributed by atoms with van der Waals surface area (Å²) in [7, 11) is -3.36. The first kappa shape index (κ1) is 16.2. The van der Waals surface area contributed by atoms with Crippen molar-refractivity contribution < 1.29 is 13.2 Å². The second-order valence-corrected chi connectivity index (χ2v) is 7.87. The molecule has 0 aliphatic carbocycles. The van der Waals surface area contributed by atoms with Crippen LogP contribution in [0.4, 0.5) is 0 Å². The summed E-state index contributed by atoms with van der Waals surface area (Å²) < 4.78 is 33.0. The highest BCUT2D eigenvalue weighted by Crippen LogP contribution is 2.27. The number of ether oxygens (including phenoxy) is 1. The van der Waals surface area contributed by atoms with E-state index in [0.717, 1.165) is 11.1 Å². The molecule has 2 aromatic carbocycles. The molecule has 4 nitrogen and oxygen atoms in total. The smallest absolute Gasteiger partial charge is 0.218 e. The lowest BCUT2D eigenvalue weighted by molar-refractivity contribution is -0.0557. The Morgan fingerprint density at radius 2 is 1.61 bits per heavy atom. The second kappa shape index (κ2) is 6.83. The van der Waals surface area contributed by atoms with Crippen LogP contribution in [0.25, 0.3) is 0 Å². The van der Waals surface area contributed by atoms with E-state index in [1.807, 2.05) is 67.6 Å². The highest BCUT2D eigenvalue weighted by molar-refractivity contribution is 7.88. The van der Waals surface area contributed by atoms with Crippen LogP contribution in [0.3, 0.4) is 0 Å². The van der Waals surface area contributed by atoms with Crippen LogP contribution in [0.15, 0.2) is 60.7 Å². The zero-order chi connectivity index (χ0) is 16.3. The fourth-order valence-electron chi connectivity index (χ4n) is 2.87. The molecule has 2 unspecified atom stereocenters. The Morgan fingerprint density at radius 1 is 1.00 bits per heavy atom. The third kappa shape index (κ3) is 3.99. The van der Waals surface area contributed by atoms with Crippen molar-refractivity contribution in [3.63, 3.8) is 0 Å². The average molecular weight is 331 g/mol. The molecule has 1 aliphatic rings. The van der Waals surface area contributed by atoms with Gasteiger partial charge in [-0.25, -0.2) is 8.42 Å². The molecule has 1 saturated heterocycles. The first-order chi connectivity index (χ1) is 11.0. The number of rotatable bonds is 4. The topological polar surface area (TPSA) is 46.6 Å². The molecule has 5 heteroatoms. The van der Waals surface area contributed by atoms with Gasteiger partial charge >= 0.3 is 0 Å². The van der Waals surface area contributed by atoms with Crippen LogP contribution in [0.5, 0.6) is 0 Å². The molecule has 0 radical (unpaired) electrons. The van der Waals surface area contributed by atoms with Gasteiger partial charge in [-0.05, 0) is 18.1 Å². The Kier molecular flexibility index (Phi) is 4.80. The minimum Gasteiger partial charge on any atom is -0.368 e. The predicted molar refractivity (Wildman–Crippen MR) is 90.4 cm³/mol. The number of morpholine rings is 1. The maximum atomic E-state index is 12.7. The SMILES string of the molecule is CC1CN(S(=O)(=O)Cc2ccccc2)CC(c2ccccc2)O1. The van der Waals surface area contributed by atoms with Crippen molar-refractivity contribution in [3.05, 3.63) is 71.8 Å². The second-order valence-electron chi connectivity index (χ2n) is 5.90. The standard InChI is InChI=1S/C18H21NO3S/c1-15-12-19(13-18(22-15)17-10-6-3-7-11-17)23(20,21)14-16-8-4-2-5-9-16/h2-11,15,18H,12-14H2,1H3. The minimum atomic E-state index is -3.36. The fraction of sp³-hybridized carbons (Fsp3) is 0.333. The monoisotopic (exact) mass is 331 g/mol. The van der Waals surface area contributed by atoms with Crippen molar-refractivity contribution in [1.29, 1.82) is 0 Å². The van der Waals surface area contributed by atoms with Gasteiger partial charge in [0.25, 0.3) is 0 Å². The number of hydrogen-bond acceptors (Lipinski definition) is 3. The Labute approximate surface area is 137 Å². The van der Waals surface area contributed by atoms with Crippen LogP contribution in [0.1, 0.15) is 24.2 Å². The highest BCUT2D eigenvalue weighted by Gasteiger charge is 2.33. The molecule has 0 saturated carbocycles. The normalized spacial score (nSPS) is 22.8. The summed E-state index contributed by atoms with van der Waals surface area (Å²) in [5, 5.41) is 0. The maximum Gasteiger partial charge on any atom is 0.218 e. The molecule has 23 heavy (non-hydrogen) atoms. The van der Waals surface area contributed by atoms with E-state index in [0.29, 0.717) is 13.1 Å². The molecule has 0 aromatic heterocycles. The number of sulfonamides is 1. The van der Waals surface area contributed by atoms with Crippen LogP contribution in [-0.2, 0) is 20.5 Å². The van der Waals surface area contributed by atoms with Crippen LogP contribution in [0, 0.1) is 0 Å². The molecule has 1 aliphatic heterocycles. The van der Waals surface area contributed by atoms with Crippen molar-refractivity contribution in [2.45, 2.75) is 24.9 Å². The quantitative estimate of drug-likeness (QED) is 0.865. The lowest BCUT2D eigenvalue weighted by atomic mass is 10.1. The highest BCUT2D eigenvalue weighted by atomic mass is 32.2. The lowest BCUT2D eigenvalue weighted by Gasteiger charge is -2.36. The van der Waals surface area contributed by atoms with E-state index in [4.69, 9.17) is 4.74 Å². The van der Waals surface area contributed by atoms with Crippen molar-refractivity contribution in [2.75, 3.05) is 13.1 Å². The predicted octanol–water partition coefficient (Wildman–Crippen LogP) is 2.98. The molecular formula is C18H21NO3S. The molecule has 0 spiro atoms. The van der Waals surface area contributed by atoms with Gasteiger partial charge in [-0.1, -0.05) is 60.7 Å². The molecule has 2 aromatic rings. The van der Waals surface area contributed by atoms with E-state index in [-0.39, 0.29) is 18.0 Å². The van der Waals surface area contributed by atoms with E-state index < -0.39 is 10.0 Å². The van der Waals surface area contributed by atoms with Gasteiger partial charge < -0.3 is 4.74 Å². The van der Waals surface area contributed by atoms with Gasteiger partial charge in [0, 0.05) is 13.1 Å². The number of benzene rings is 2. The van der Waals surface area contributed by atoms with E-state index >= 15 is 0 Å². The van der Waals surface area contributed by atoms with E-state index in [9.17, 15) is 8.42 Å². The Bertz CT molecular complexity index is 731. The minimum absolute atomic E-state index is 0.0298. The van der Waals surface area contributed by atoms with E-state index in [1.54, 1.807) is 4.31 Å². The van der Waals surface area contributed by atoms with E-state index in [1.165, 1.54) is 0 Å². The molecule has 122 valence electrons. The van der Waals surface area contributed by atoms with Crippen LogP contribution in [0.2, 0.25) is 0 Å². The van der Waals surface area contributed by atoms with Gasteiger partial charge in [0.1, 0.15) is 0 Å². The maximum absolute atomic E-state index is 12.7. The van der Waals surface area contributed by atoms with Gasteiger partial charge in [-0.15, -0.1) is 0 Å². The lowest BCUT2D eigenvalue weighted by Crippen LogP contribution is -2.46. The summed E-state index contributed by atoms with van der Waals surface area (Å²) in [6.45, 7) is 2.68. The van der Waals surface area contributed by atoms with Crippen molar-refractivity contribution in [2.24, 2.45) is 0 Å². The van der Waals surface area contributed by atoms with E-state index in [2.05, 4.69) is 0 Å². The van der Waals surface area contributed by atoms with Gasteiger partial charge in [0.05, 0.1) is 18.0 Å². The molecule has 0 amide bonds. The molecule has 1 heterocycles. The summed E-state index contributed by atoms with van der Waals surface area (Å²) in [4.78, 5) is 0. The van der Waals surface area contributed by atoms with Gasteiger partial charge in [0.15, 0.2) is 0 Å². The summed E-state index contributed by atoms with van der Waals surface area (Å²) in [5.41, 5.74) is 1.82. The van der Waals surface area contributed by atoms with Crippen LogP contribution in [-0.4, -0.2) is 31.9 Å². The molecule has 0 bridgehead atoms. The third-order valence-electron chi connectivity index (χ3n) is 3.98. The molecule has 0 N–H and O–H groups in total. The molecular weight excluding hydrogens is 310 g/mol. The Morgan fingerprint density at radius 3 is 2.26 bits per heavy atom. The molecule has 1 fully saturated rings. The summed E-state index contributed by atoms with van der Waals surface area (Å²) in [5.74, 6) is 0.0298.